The molecule has 0 fully saturated rings. The van der Waals surface area contributed by atoms with E-state index in [-0.39, 0.29) is 11.6 Å². The van der Waals surface area contributed by atoms with Gasteiger partial charge in [-0.1, -0.05) is 0 Å². The number of anilines is 1. The van der Waals surface area contributed by atoms with Crippen molar-refractivity contribution < 1.29 is 8.42 Å². The van der Waals surface area contributed by atoms with Crippen LogP contribution in [0.1, 0.15) is 11.4 Å². The van der Waals surface area contributed by atoms with E-state index in [1.54, 1.807) is 28.4 Å². The molecule has 0 aromatic carbocycles. The summed E-state index contributed by atoms with van der Waals surface area (Å²) in [6, 6.07) is 5.53. The minimum atomic E-state index is -3.61. The lowest BCUT2D eigenvalue weighted by molar-refractivity contribution is 0.579. The fourth-order valence-corrected chi connectivity index (χ4v) is 3.38. The minimum absolute atomic E-state index is 0.00553. The molecule has 0 aliphatic rings. The zero-order chi connectivity index (χ0) is 18.7. The Hall–Kier alpha value is -2.79. The normalized spacial score (nSPS) is 11.7. The van der Waals surface area contributed by atoms with Crippen molar-refractivity contribution in [1.82, 2.24) is 34.3 Å². The summed E-state index contributed by atoms with van der Waals surface area (Å²) in [6.45, 7) is 4.42. The Morgan fingerprint density at radius 2 is 1.96 bits per heavy atom. The average Bonchev–Trinajstić information content (AvgIpc) is 3.18. The lowest BCUT2D eigenvalue weighted by atomic mass is 10.4. The number of aromatic nitrogens is 6. The zero-order valence-corrected chi connectivity index (χ0v) is 15.5. The van der Waals surface area contributed by atoms with Gasteiger partial charge in [-0.15, -0.1) is 10.2 Å². The Balaban J connectivity index is 1.53. The third kappa shape index (κ3) is 4.06. The van der Waals surface area contributed by atoms with Gasteiger partial charge in [0.15, 0.2) is 10.8 Å². The highest BCUT2D eigenvalue weighted by molar-refractivity contribution is 7.89. The second-order valence-corrected chi connectivity index (χ2v) is 7.53. The predicted molar refractivity (Wildman–Crippen MR) is 95.5 cm³/mol. The summed E-state index contributed by atoms with van der Waals surface area (Å²) in [4.78, 5) is 3.83. The summed E-state index contributed by atoms with van der Waals surface area (Å²) >= 11 is 0. The number of sulfonamides is 1. The Bertz CT molecular complexity index is 991. The Morgan fingerprint density at radius 1 is 1.15 bits per heavy atom. The third-order valence-corrected chi connectivity index (χ3v) is 4.90. The van der Waals surface area contributed by atoms with Crippen molar-refractivity contribution in [1.29, 1.82) is 0 Å². The maximum atomic E-state index is 12.0. The van der Waals surface area contributed by atoms with Crippen molar-refractivity contribution in [3.05, 3.63) is 42.1 Å². The van der Waals surface area contributed by atoms with E-state index in [0.29, 0.717) is 18.2 Å². The van der Waals surface area contributed by atoms with Gasteiger partial charge in [0.1, 0.15) is 5.82 Å². The number of aryl methyl sites for hydroxylation is 3. The van der Waals surface area contributed by atoms with Crippen molar-refractivity contribution in [2.75, 3.05) is 18.4 Å². The van der Waals surface area contributed by atoms with Crippen molar-refractivity contribution in [3.8, 4) is 5.82 Å². The molecule has 0 radical (unpaired) electrons. The molecule has 138 valence electrons. The van der Waals surface area contributed by atoms with Crippen LogP contribution in [0.5, 0.6) is 0 Å². The number of hydrogen-bond donors (Lipinski definition) is 2. The van der Waals surface area contributed by atoms with Gasteiger partial charge in [-0.05, 0) is 32.0 Å². The quantitative estimate of drug-likeness (QED) is 0.573. The summed E-state index contributed by atoms with van der Waals surface area (Å²) < 4.78 is 29.8. The minimum Gasteiger partial charge on any atom is -0.367 e. The van der Waals surface area contributed by atoms with Crippen LogP contribution in [-0.2, 0) is 17.1 Å². The summed E-state index contributed by atoms with van der Waals surface area (Å²) in [6.07, 6.45) is 2.88. The fourth-order valence-electron chi connectivity index (χ4n) is 2.37. The van der Waals surface area contributed by atoms with Crippen molar-refractivity contribution in [2.24, 2.45) is 7.05 Å². The maximum absolute atomic E-state index is 12.0. The maximum Gasteiger partial charge on any atom is 0.259 e. The van der Waals surface area contributed by atoms with Gasteiger partial charge < -0.3 is 9.88 Å². The number of nitrogens with one attached hydrogen (secondary N) is 2. The molecule has 0 saturated heterocycles. The summed E-state index contributed by atoms with van der Waals surface area (Å²) in [5.74, 6) is 1.17. The van der Waals surface area contributed by atoms with E-state index in [9.17, 15) is 8.42 Å². The first-order valence-corrected chi connectivity index (χ1v) is 9.42. The van der Waals surface area contributed by atoms with Crippen LogP contribution in [0.3, 0.4) is 0 Å². The highest BCUT2D eigenvalue weighted by Gasteiger charge is 2.15. The standard InChI is InChI=1S/C15H20N8O2S/c1-11-8-12(2)23(21-11)14-5-4-13(19-20-14)16-6-7-18-26(24,25)15-9-22(3)10-17-15/h4-5,8-10,18H,6-7H2,1-3H3,(H,16,19). The monoisotopic (exact) mass is 376 g/mol. The van der Waals surface area contributed by atoms with Crippen LogP contribution >= 0.6 is 0 Å². The van der Waals surface area contributed by atoms with Crippen molar-refractivity contribution in [2.45, 2.75) is 18.9 Å². The van der Waals surface area contributed by atoms with Crippen LogP contribution in [0.25, 0.3) is 5.82 Å². The largest absolute Gasteiger partial charge is 0.367 e. The number of rotatable bonds is 7. The number of nitrogens with zero attached hydrogens (tertiary/aromatic N) is 6. The highest BCUT2D eigenvalue weighted by atomic mass is 32.2. The van der Waals surface area contributed by atoms with E-state index in [1.807, 2.05) is 19.9 Å². The molecule has 0 amide bonds. The second kappa shape index (κ2) is 7.22. The van der Waals surface area contributed by atoms with Gasteiger partial charge in [0.05, 0.1) is 12.0 Å². The van der Waals surface area contributed by atoms with Crippen LogP contribution in [-0.4, -0.2) is 51.0 Å². The van der Waals surface area contributed by atoms with Crippen molar-refractivity contribution in [3.63, 3.8) is 0 Å². The molecule has 0 unspecified atom stereocenters. The molecular formula is C15H20N8O2S. The molecule has 0 saturated carbocycles. The zero-order valence-electron chi connectivity index (χ0n) is 14.7. The molecule has 3 heterocycles. The molecule has 0 aliphatic heterocycles. The lowest BCUT2D eigenvalue weighted by Crippen LogP contribution is -2.29. The SMILES string of the molecule is Cc1cc(C)n(-c2ccc(NCCNS(=O)(=O)c3cn(C)cn3)nn2)n1. The van der Waals surface area contributed by atoms with Crippen LogP contribution in [0, 0.1) is 13.8 Å². The van der Waals surface area contributed by atoms with Gasteiger partial charge in [0.25, 0.3) is 10.0 Å². The molecule has 0 bridgehead atoms. The first-order valence-electron chi connectivity index (χ1n) is 7.94. The summed E-state index contributed by atoms with van der Waals surface area (Å²) in [5, 5.41) is 15.6. The molecule has 11 heteroatoms. The topological polar surface area (TPSA) is 120 Å². The average molecular weight is 376 g/mol. The molecule has 26 heavy (non-hydrogen) atoms. The van der Waals surface area contributed by atoms with E-state index in [1.165, 1.54) is 12.5 Å². The van der Waals surface area contributed by atoms with Gasteiger partial charge in [-0.25, -0.2) is 22.8 Å². The van der Waals surface area contributed by atoms with Gasteiger partial charge in [-0.2, -0.15) is 5.10 Å². The lowest BCUT2D eigenvalue weighted by Gasteiger charge is -2.07. The molecule has 10 nitrogen and oxygen atoms in total. The van der Waals surface area contributed by atoms with E-state index in [0.717, 1.165) is 11.4 Å². The predicted octanol–water partition coefficient (Wildman–Crippen LogP) is 0.403. The Kier molecular flexibility index (Phi) is 5.00. The summed E-state index contributed by atoms with van der Waals surface area (Å²) in [7, 11) is -1.90. The van der Waals surface area contributed by atoms with Crippen molar-refractivity contribution >= 4 is 15.8 Å². The molecular weight excluding hydrogens is 356 g/mol. The van der Waals surface area contributed by atoms with Crippen LogP contribution in [0.4, 0.5) is 5.82 Å². The van der Waals surface area contributed by atoms with Gasteiger partial charge in [0.2, 0.25) is 0 Å². The smallest absolute Gasteiger partial charge is 0.259 e. The highest BCUT2D eigenvalue weighted by Crippen LogP contribution is 2.10. The van der Waals surface area contributed by atoms with E-state index < -0.39 is 10.0 Å². The molecule has 3 rings (SSSR count). The van der Waals surface area contributed by atoms with Gasteiger partial charge >= 0.3 is 0 Å². The molecule has 0 spiro atoms. The van der Waals surface area contributed by atoms with Gasteiger partial charge in [-0.3, -0.25) is 0 Å². The second-order valence-electron chi connectivity index (χ2n) is 5.82. The molecule has 0 atom stereocenters. The van der Waals surface area contributed by atoms with Crippen LogP contribution in [0.2, 0.25) is 0 Å². The molecule has 3 aromatic rings. The van der Waals surface area contributed by atoms with E-state index >= 15 is 0 Å². The van der Waals surface area contributed by atoms with Gasteiger partial charge in [0, 0.05) is 32.0 Å². The Morgan fingerprint density at radius 3 is 2.54 bits per heavy atom. The van der Waals surface area contributed by atoms with Crippen LogP contribution < -0.4 is 10.0 Å². The fraction of sp³-hybridized carbons (Fsp3) is 0.333. The van der Waals surface area contributed by atoms with Crippen LogP contribution in [0.15, 0.2) is 35.7 Å². The van der Waals surface area contributed by atoms with E-state index in [2.05, 4.69) is 30.3 Å². The Labute approximate surface area is 151 Å². The first kappa shape index (κ1) is 18.0. The molecule has 3 aromatic heterocycles. The number of imidazole rings is 1. The number of hydrogen-bond acceptors (Lipinski definition) is 7. The third-order valence-electron chi connectivity index (χ3n) is 3.56. The molecule has 0 aliphatic carbocycles. The summed E-state index contributed by atoms with van der Waals surface area (Å²) in [5.41, 5.74) is 1.88. The first-order chi connectivity index (χ1) is 12.3. The molecule has 2 N–H and O–H groups in total. The van der Waals surface area contributed by atoms with E-state index in [4.69, 9.17) is 0 Å².